The molecule has 0 aliphatic carbocycles. The van der Waals surface area contributed by atoms with Crippen LogP contribution in [-0.4, -0.2) is 45.7 Å². The second-order valence-electron chi connectivity index (χ2n) is 6.54. The molecule has 1 aliphatic heterocycles. The van der Waals surface area contributed by atoms with Gasteiger partial charge < -0.3 is 19.0 Å². The molecule has 0 spiro atoms. The zero-order chi connectivity index (χ0) is 18.4. The highest BCUT2D eigenvalue weighted by Crippen LogP contribution is 2.36. The van der Waals surface area contributed by atoms with Crippen LogP contribution in [0.1, 0.15) is 40.3 Å². The number of benzene rings is 1. The van der Waals surface area contributed by atoms with E-state index in [0.717, 1.165) is 16.6 Å². The Balaban J connectivity index is 1.76. The van der Waals surface area contributed by atoms with Gasteiger partial charge in [-0.3, -0.25) is 4.79 Å². The lowest BCUT2D eigenvalue weighted by Gasteiger charge is -2.22. The normalized spacial score (nSPS) is 20.2. The highest BCUT2D eigenvalue weighted by Gasteiger charge is 2.40. The van der Waals surface area contributed by atoms with Gasteiger partial charge in [-0.15, -0.1) is 10.2 Å². The molecule has 4 rings (SSSR count). The number of carbonyl (C=O) groups excluding carboxylic acids is 1. The van der Waals surface area contributed by atoms with Crippen LogP contribution < -0.4 is 0 Å². The van der Waals surface area contributed by atoms with Crippen molar-refractivity contribution in [2.45, 2.75) is 32.4 Å². The SMILES string of the molecule is CO[C@H]1C[C@H](c2nnc(C)o2)N(C(=O)c2c(C)[nH]c3ccc(Cl)cc23)C1. The Morgan fingerprint density at radius 1 is 1.38 bits per heavy atom. The summed E-state index contributed by atoms with van der Waals surface area (Å²) in [4.78, 5) is 18.4. The second kappa shape index (κ2) is 6.41. The fourth-order valence-corrected chi connectivity index (χ4v) is 3.76. The number of halogens is 1. The molecule has 3 heterocycles. The van der Waals surface area contributed by atoms with Gasteiger partial charge in [-0.1, -0.05) is 11.6 Å². The molecule has 1 aliphatic rings. The molecule has 2 atom stereocenters. The molecular weight excluding hydrogens is 356 g/mol. The summed E-state index contributed by atoms with van der Waals surface area (Å²) in [5.74, 6) is 0.811. The number of hydrogen-bond acceptors (Lipinski definition) is 5. The number of hydrogen-bond donors (Lipinski definition) is 1. The first-order valence-corrected chi connectivity index (χ1v) is 8.77. The Morgan fingerprint density at radius 2 is 2.19 bits per heavy atom. The summed E-state index contributed by atoms with van der Waals surface area (Å²) in [6.45, 7) is 4.09. The Bertz CT molecular complexity index is 980. The maximum Gasteiger partial charge on any atom is 0.257 e. The van der Waals surface area contributed by atoms with Gasteiger partial charge in [-0.2, -0.15) is 0 Å². The van der Waals surface area contributed by atoms with Gasteiger partial charge in [-0.25, -0.2) is 0 Å². The molecule has 7 nitrogen and oxygen atoms in total. The average Bonchev–Trinajstić information content (AvgIpc) is 3.30. The van der Waals surface area contributed by atoms with Gasteiger partial charge >= 0.3 is 0 Å². The lowest BCUT2D eigenvalue weighted by atomic mass is 10.1. The second-order valence-corrected chi connectivity index (χ2v) is 6.98. The number of fused-ring (bicyclic) bond motifs is 1. The minimum atomic E-state index is -0.308. The molecule has 0 bridgehead atoms. The van der Waals surface area contributed by atoms with E-state index in [1.807, 2.05) is 19.1 Å². The number of rotatable bonds is 3. The van der Waals surface area contributed by atoms with Crippen molar-refractivity contribution in [1.29, 1.82) is 0 Å². The van der Waals surface area contributed by atoms with E-state index in [2.05, 4.69) is 15.2 Å². The van der Waals surface area contributed by atoms with Crippen LogP contribution in [0.3, 0.4) is 0 Å². The van der Waals surface area contributed by atoms with E-state index in [4.69, 9.17) is 20.8 Å². The van der Waals surface area contributed by atoms with Crippen molar-refractivity contribution >= 4 is 28.4 Å². The molecule has 1 saturated heterocycles. The molecule has 1 fully saturated rings. The van der Waals surface area contributed by atoms with E-state index in [-0.39, 0.29) is 18.1 Å². The molecule has 26 heavy (non-hydrogen) atoms. The fraction of sp³-hybridized carbons (Fsp3) is 0.389. The van der Waals surface area contributed by atoms with Gasteiger partial charge in [0.2, 0.25) is 11.8 Å². The Morgan fingerprint density at radius 3 is 2.88 bits per heavy atom. The lowest BCUT2D eigenvalue weighted by Crippen LogP contribution is -2.32. The predicted molar refractivity (Wildman–Crippen MR) is 96.3 cm³/mol. The number of carbonyl (C=O) groups is 1. The smallest absolute Gasteiger partial charge is 0.257 e. The number of nitrogens with one attached hydrogen (secondary N) is 1. The highest BCUT2D eigenvalue weighted by molar-refractivity contribution is 6.31. The van der Waals surface area contributed by atoms with Crippen LogP contribution >= 0.6 is 11.6 Å². The lowest BCUT2D eigenvalue weighted by molar-refractivity contribution is 0.0675. The number of aryl methyl sites for hydroxylation is 2. The van der Waals surface area contributed by atoms with Crippen LogP contribution in [0.4, 0.5) is 0 Å². The number of aromatic nitrogens is 3. The number of aromatic amines is 1. The third-order valence-corrected chi connectivity index (χ3v) is 5.08. The molecule has 8 heteroatoms. The van der Waals surface area contributed by atoms with Crippen LogP contribution in [0.5, 0.6) is 0 Å². The quantitative estimate of drug-likeness (QED) is 0.759. The largest absolute Gasteiger partial charge is 0.423 e. The van der Waals surface area contributed by atoms with Gasteiger partial charge in [0.15, 0.2) is 0 Å². The predicted octanol–water partition coefficient (Wildman–Crippen LogP) is 3.42. The van der Waals surface area contributed by atoms with E-state index >= 15 is 0 Å². The highest BCUT2D eigenvalue weighted by atomic mass is 35.5. The maximum absolute atomic E-state index is 13.4. The van der Waals surface area contributed by atoms with E-state index in [0.29, 0.717) is 35.3 Å². The zero-order valence-electron chi connectivity index (χ0n) is 14.7. The summed E-state index contributed by atoms with van der Waals surface area (Å²) < 4.78 is 11.1. The number of methoxy groups -OCH3 is 1. The minimum absolute atomic E-state index is 0.0785. The van der Waals surface area contributed by atoms with Crippen LogP contribution in [-0.2, 0) is 4.74 Å². The van der Waals surface area contributed by atoms with Crippen molar-refractivity contribution in [3.05, 3.63) is 46.3 Å². The van der Waals surface area contributed by atoms with Crippen molar-refractivity contribution in [3.63, 3.8) is 0 Å². The van der Waals surface area contributed by atoms with E-state index < -0.39 is 0 Å². The standard InChI is InChI=1S/C18H19ClN4O3/c1-9-16(13-6-11(19)4-5-14(13)20-9)18(24)23-8-12(25-3)7-15(23)17-22-21-10(2)26-17/h4-6,12,15,20H,7-8H2,1-3H3/t12-,15+/m0/s1. The van der Waals surface area contributed by atoms with Gasteiger partial charge in [0.25, 0.3) is 5.91 Å². The average molecular weight is 375 g/mol. The van der Waals surface area contributed by atoms with Crippen molar-refractivity contribution in [3.8, 4) is 0 Å². The van der Waals surface area contributed by atoms with Crippen molar-refractivity contribution in [2.75, 3.05) is 13.7 Å². The Kier molecular flexibility index (Phi) is 4.20. The monoisotopic (exact) mass is 374 g/mol. The van der Waals surface area contributed by atoms with Crippen LogP contribution in [0.2, 0.25) is 5.02 Å². The minimum Gasteiger partial charge on any atom is -0.423 e. The maximum atomic E-state index is 13.4. The van der Waals surface area contributed by atoms with Crippen molar-refractivity contribution in [1.82, 2.24) is 20.1 Å². The number of amides is 1. The van der Waals surface area contributed by atoms with E-state index in [9.17, 15) is 4.79 Å². The van der Waals surface area contributed by atoms with E-state index in [1.54, 1.807) is 25.0 Å². The van der Waals surface area contributed by atoms with Crippen LogP contribution in [0.15, 0.2) is 22.6 Å². The number of ether oxygens (including phenoxy) is 1. The van der Waals surface area contributed by atoms with Crippen LogP contribution in [0, 0.1) is 13.8 Å². The molecule has 1 N–H and O–H groups in total. The zero-order valence-corrected chi connectivity index (χ0v) is 15.5. The molecule has 0 radical (unpaired) electrons. The first kappa shape index (κ1) is 17.1. The van der Waals surface area contributed by atoms with Gasteiger partial charge in [0, 0.05) is 48.6 Å². The summed E-state index contributed by atoms with van der Waals surface area (Å²) in [5, 5.41) is 9.41. The molecule has 0 unspecified atom stereocenters. The third-order valence-electron chi connectivity index (χ3n) is 4.85. The molecule has 1 aromatic carbocycles. The van der Waals surface area contributed by atoms with Gasteiger partial charge in [0.1, 0.15) is 6.04 Å². The van der Waals surface area contributed by atoms with Crippen molar-refractivity contribution < 1.29 is 13.9 Å². The summed E-state index contributed by atoms with van der Waals surface area (Å²) in [6, 6.07) is 5.18. The Labute approximate surface area is 155 Å². The summed E-state index contributed by atoms with van der Waals surface area (Å²) >= 11 is 6.15. The summed E-state index contributed by atoms with van der Waals surface area (Å²) in [5.41, 5.74) is 2.29. The molecule has 2 aromatic heterocycles. The molecule has 3 aromatic rings. The summed E-state index contributed by atoms with van der Waals surface area (Å²) in [7, 11) is 1.64. The van der Waals surface area contributed by atoms with E-state index in [1.165, 1.54) is 0 Å². The van der Waals surface area contributed by atoms with Gasteiger partial charge in [0.05, 0.1) is 11.7 Å². The Hall–Kier alpha value is -2.38. The van der Waals surface area contributed by atoms with Crippen LogP contribution in [0.25, 0.3) is 10.9 Å². The topological polar surface area (TPSA) is 84.2 Å². The fourth-order valence-electron chi connectivity index (χ4n) is 3.59. The molecule has 1 amide bonds. The van der Waals surface area contributed by atoms with Crippen molar-refractivity contribution in [2.24, 2.45) is 0 Å². The molecule has 0 saturated carbocycles. The molecule has 136 valence electrons. The first-order valence-electron chi connectivity index (χ1n) is 8.39. The third kappa shape index (κ3) is 2.77. The number of H-pyrrole nitrogens is 1. The first-order chi connectivity index (χ1) is 12.5. The van der Waals surface area contributed by atoms with Gasteiger partial charge in [-0.05, 0) is 25.1 Å². The molecular formula is C18H19ClN4O3. The summed E-state index contributed by atoms with van der Waals surface area (Å²) in [6.07, 6.45) is 0.539. The number of nitrogens with zero attached hydrogens (tertiary/aromatic N) is 3. The number of likely N-dealkylation sites (tertiary alicyclic amines) is 1.